The van der Waals surface area contributed by atoms with Crippen LogP contribution in [0.3, 0.4) is 0 Å². The van der Waals surface area contributed by atoms with Crippen LogP contribution in [-0.4, -0.2) is 17.6 Å². The van der Waals surface area contributed by atoms with Crippen molar-refractivity contribution in [3.05, 3.63) is 58.6 Å². The Balaban J connectivity index is 2.28. The minimum atomic E-state index is -1.78. The summed E-state index contributed by atoms with van der Waals surface area (Å²) < 4.78 is 2.89. The molecule has 4 heteroatoms. The first kappa shape index (κ1) is 13.1. The fourth-order valence-electron chi connectivity index (χ4n) is 1.29. The number of hydrogen-bond acceptors (Lipinski definition) is 0. The van der Waals surface area contributed by atoms with Crippen molar-refractivity contribution < 1.29 is 0 Å². The van der Waals surface area contributed by atoms with Gasteiger partial charge in [-0.25, -0.2) is 0 Å². The maximum absolute atomic E-state index is 5.89. The standard InChI is InChI=1S/2C6H4Cl.Bi.HI/c2*7-6-4-2-1-3-5-6;;/h2*2-5H;;1H/q;;+1;/p-1. The van der Waals surface area contributed by atoms with Crippen LogP contribution in [0.1, 0.15) is 0 Å². The Labute approximate surface area is 122 Å². The van der Waals surface area contributed by atoms with Crippen molar-refractivity contribution in [3.8, 4) is 0 Å². The fourth-order valence-corrected chi connectivity index (χ4v) is 11.5. The average molecular weight is 559 g/mol. The summed E-state index contributed by atoms with van der Waals surface area (Å²) in [7, 11) is 0. The Hall–Kier alpha value is 0.633. The first-order chi connectivity index (χ1) is 7.66. The zero-order valence-electron chi connectivity index (χ0n) is 8.20. The molecule has 0 aliphatic carbocycles. The van der Waals surface area contributed by atoms with E-state index in [9.17, 15) is 0 Å². The molecule has 0 aromatic heterocycles. The second-order valence-corrected chi connectivity index (χ2v) is 18.8. The van der Waals surface area contributed by atoms with E-state index in [1.807, 2.05) is 24.3 Å². The molecule has 2 aromatic rings. The second-order valence-electron chi connectivity index (χ2n) is 3.23. The molecule has 16 heavy (non-hydrogen) atoms. The number of rotatable bonds is 2. The van der Waals surface area contributed by atoms with Crippen LogP contribution in [0.15, 0.2) is 48.5 Å². The van der Waals surface area contributed by atoms with Gasteiger partial charge in [-0.2, -0.15) is 0 Å². The van der Waals surface area contributed by atoms with Crippen molar-refractivity contribution in [1.82, 2.24) is 0 Å². The van der Waals surface area contributed by atoms with Gasteiger partial charge in [0.2, 0.25) is 0 Å². The number of hydrogen-bond donors (Lipinski definition) is 0. The normalized spacial score (nSPS) is 10.8. The van der Waals surface area contributed by atoms with Crippen molar-refractivity contribution in [2.24, 2.45) is 0 Å². The quantitative estimate of drug-likeness (QED) is 0.391. The van der Waals surface area contributed by atoms with Crippen molar-refractivity contribution in [3.63, 3.8) is 0 Å². The summed E-state index contributed by atoms with van der Waals surface area (Å²) in [6.45, 7) is 0. The summed E-state index contributed by atoms with van der Waals surface area (Å²) in [5, 5.41) is 1.60. The molecule has 0 fully saturated rings. The first-order valence-corrected chi connectivity index (χ1v) is 18.7. The third-order valence-electron chi connectivity index (χ3n) is 2.11. The van der Waals surface area contributed by atoms with Gasteiger partial charge in [0.1, 0.15) is 0 Å². The van der Waals surface area contributed by atoms with E-state index in [1.54, 1.807) is 0 Å². The van der Waals surface area contributed by atoms with Crippen LogP contribution in [0.2, 0.25) is 10.0 Å². The molecule has 0 saturated carbocycles. The molecule has 0 bridgehead atoms. The molecule has 2 aromatic carbocycles. The van der Waals surface area contributed by atoms with Gasteiger partial charge in [0, 0.05) is 0 Å². The van der Waals surface area contributed by atoms with Crippen molar-refractivity contribution in [1.29, 1.82) is 0 Å². The number of halogens is 3. The Morgan fingerprint density at radius 1 is 0.688 bits per heavy atom. The molecular formula is C12H8BiCl2I. The van der Waals surface area contributed by atoms with Gasteiger partial charge in [-0.05, 0) is 0 Å². The number of benzene rings is 2. The van der Waals surface area contributed by atoms with Gasteiger partial charge in [-0.1, -0.05) is 0 Å². The van der Waals surface area contributed by atoms with Crippen LogP contribution >= 0.6 is 41.2 Å². The van der Waals surface area contributed by atoms with Crippen LogP contribution in [0, 0.1) is 0 Å². The summed E-state index contributed by atoms with van der Waals surface area (Å²) in [5.74, 6) is 0. The summed E-state index contributed by atoms with van der Waals surface area (Å²) in [6.07, 6.45) is 0. The Kier molecular flexibility index (Phi) is 4.90. The zero-order chi connectivity index (χ0) is 11.5. The molecule has 0 saturated heterocycles. The predicted molar refractivity (Wildman–Crippen MR) is 81.9 cm³/mol. The molecule has 0 heterocycles. The average Bonchev–Trinajstić information content (AvgIpc) is 2.30. The molecule has 0 radical (unpaired) electrons. The van der Waals surface area contributed by atoms with Gasteiger partial charge in [0.25, 0.3) is 0 Å². The van der Waals surface area contributed by atoms with Gasteiger partial charge < -0.3 is 0 Å². The van der Waals surface area contributed by atoms with Gasteiger partial charge in [0.05, 0.1) is 0 Å². The van der Waals surface area contributed by atoms with Crippen LogP contribution in [0.4, 0.5) is 0 Å². The van der Waals surface area contributed by atoms with Crippen molar-refractivity contribution >= 4 is 65.3 Å². The van der Waals surface area contributed by atoms with E-state index in [0.29, 0.717) is 0 Å². The topological polar surface area (TPSA) is 0 Å². The van der Waals surface area contributed by atoms with Crippen LogP contribution in [-0.2, 0) is 0 Å². The molecule has 0 aliphatic heterocycles. The van der Waals surface area contributed by atoms with Crippen LogP contribution < -0.4 is 6.54 Å². The molecule has 82 valence electrons. The van der Waals surface area contributed by atoms with Gasteiger partial charge in [0.15, 0.2) is 0 Å². The molecular weight excluding hydrogens is 551 g/mol. The summed E-state index contributed by atoms with van der Waals surface area (Å²) in [5.41, 5.74) is 0. The van der Waals surface area contributed by atoms with Crippen molar-refractivity contribution in [2.75, 3.05) is 0 Å². The van der Waals surface area contributed by atoms with E-state index in [4.69, 9.17) is 23.2 Å². The van der Waals surface area contributed by atoms with Crippen molar-refractivity contribution in [2.45, 2.75) is 0 Å². The van der Waals surface area contributed by atoms with Crippen LogP contribution in [0.25, 0.3) is 0 Å². The predicted octanol–water partition coefficient (Wildman–Crippen LogP) is 3.53. The van der Waals surface area contributed by atoms with Gasteiger partial charge in [-0.3, -0.25) is 0 Å². The first-order valence-electron chi connectivity index (χ1n) is 4.64. The van der Waals surface area contributed by atoms with E-state index < -0.39 is 17.6 Å². The monoisotopic (exact) mass is 558 g/mol. The molecule has 0 N–H and O–H groups in total. The van der Waals surface area contributed by atoms with E-state index >= 15 is 0 Å². The SMILES string of the molecule is Clc1cc[c]([Bi]([I])[c]2ccc(Cl)cc2)cc1. The van der Waals surface area contributed by atoms with Crippen LogP contribution in [0.5, 0.6) is 0 Å². The molecule has 0 unspecified atom stereocenters. The molecule has 2 rings (SSSR count). The maximum atomic E-state index is 5.89. The summed E-state index contributed by atoms with van der Waals surface area (Å²) in [6, 6.07) is 16.4. The van der Waals surface area contributed by atoms with Gasteiger partial charge >= 0.3 is 124 Å². The zero-order valence-corrected chi connectivity index (χ0v) is 15.3. The van der Waals surface area contributed by atoms with E-state index in [-0.39, 0.29) is 0 Å². The van der Waals surface area contributed by atoms with E-state index in [0.717, 1.165) is 10.0 Å². The Morgan fingerprint density at radius 2 is 1.00 bits per heavy atom. The molecule has 0 nitrogen and oxygen atoms in total. The second kappa shape index (κ2) is 5.99. The molecule has 0 spiro atoms. The van der Waals surface area contributed by atoms with E-state index in [1.165, 1.54) is 6.54 Å². The summed E-state index contributed by atoms with van der Waals surface area (Å²) >= 11 is 12.6. The fraction of sp³-hybridized carbons (Fsp3) is 0. The minimum absolute atomic E-state index is 0.800. The Morgan fingerprint density at radius 3 is 1.31 bits per heavy atom. The molecule has 0 amide bonds. The summed E-state index contributed by atoms with van der Waals surface area (Å²) in [4.78, 5) is 0. The third kappa shape index (κ3) is 3.32. The molecule has 0 aliphatic rings. The third-order valence-corrected chi connectivity index (χ3v) is 18.2. The Bertz CT molecular complexity index is 422. The van der Waals surface area contributed by atoms with Gasteiger partial charge in [-0.15, -0.1) is 0 Å². The molecule has 0 atom stereocenters. The van der Waals surface area contributed by atoms with E-state index in [2.05, 4.69) is 42.3 Å².